The molecule has 0 unspecified atom stereocenters. The molecule has 1 aliphatic heterocycles. The van der Waals surface area contributed by atoms with E-state index in [1.807, 2.05) is 48.5 Å². The second-order valence-corrected chi connectivity index (χ2v) is 8.86. The van der Waals surface area contributed by atoms with Gasteiger partial charge in [-0.2, -0.15) is 0 Å². The Labute approximate surface area is 154 Å². The number of sulfonamides is 1. The van der Waals surface area contributed by atoms with Gasteiger partial charge in [-0.25, -0.2) is 8.42 Å². The van der Waals surface area contributed by atoms with Crippen LogP contribution in [-0.2, 0) is 10.0 Å². The van der Waals surface area contributed by atoms with Gasteiger partial charge in [0, 0.05) is 17.3 Å². The minimum Gasteiger partial charge on any atom is -0.302 e. The van der Waals surface area contributed by atoms with Gasteiger partial charge >= 0.3 is 0 Å². The quantitative estimate of drug-likeness (QED) is 0.686. The molecule has 4 nitrogen and oxygen atoms in total. The van der Waals surface area contributed by atoms with Gasteiger partial charge in [-0.05, 0) is 42.8 Å². The van der Waals surface area contributed by atoms with E-state index in [2.05, 4.69) is 15.7 Å². The molecule has 0 aliphatic carbocycles. The topological polar surface area (TPSA) is 49.4 Å². The third-order valence-corrected chi connectivity index (χ3v) is 6.39. The van der Waals surface area contributed by atoms with Crippen LogP contribution in [0.2, 0.25) is 0 Å². The molecule has 3 aromatic carbocycles. The van der Waals surface area contributed by atoms with E-state index in [1.165, 1.54) is 19.3 Å². The van der Waals surface area contributed by atoms with Crippen molar-refractivity contribution in [3.05, 3.63) is 54.6 Å². The number of nitrogens with zero attached hydrogens (tertiary/aromatic N) is 1. The molecule has 0 spiro atoms. The van der Waals surface area contributed by atoms with E-state index in [1.54, 1.807) is 0 Å². The van der Waals surface area contributed by atoms with Gasteiger partial charge in [0.1, 0.15) is 0 Å². The van der Waals surface area contributed by atoms with Gasteiger partial charge in [0.15, 0.2) is 0 Å². The van der Waals surface area contributed by atoms with Crippen molar-refractivity contribution in [2.45, 2.75) is 19.3 Å². The average Bonchev–Trinajstić information content (AvgIpc) is 2.67. The van der Waals surface area contributed by atoms with E-state index in [4.69, 9.17) is 0 Å². The van der Waals surface area contributed by atoms with E-state index in [0.717, 1.165) is 34.6 Å². The van der Waals surface area contributed by atoms with Crippen molar-refractivity contribution < 1.29 is 8.42 Å². The van der Waals surface area contributed by atoms with Crippen LogP contribution in [0.1, 0.15) is 19.3 Å². The van der Waals surface area contributed by atoms with Crippen molar-refractivity contribution in [1.82, 2.24) is 4.90 Å². The van der Waals surface area contributed by atoms with Crippen LogP contribution in [0.3, 0.4) is 0 Å². The van der Waals surface area contributed by atoms with Crippen LogP contribution < -0.4 is 4.72 Å². The molecule has 0 amide bonds. The molecule has 136 valence electrons. The molecule has 1 N–H and O–H groups in total. The zero-order valence-corrected chi connectivity index (χ0v) is 15.6. The molecule has 0 aromatic heterocycles. The van der Waals surface area contributed by atoms with Gasteiger partial charge in [0.25, 0.3) is 0 Å². The second kappa shape index (κ2) is 7.25. The maximum atomic E-state index is 12.8. The first kappa shape index (κ1) is 17.3. The van der Waals surface area contributed by atoms with Crippen molar-refractivity contribution in [1.29, 1.82) is 0 Å². The number of hydrogen-bond acceptors (Lipinski definition) is 3. The maximum Gasteiger partial charge on any atom is 0.234 e. The highest BCUT2D eigenvalue weighted by Crippen LogP contribution is 2.33. The Kier molecular flexibility index (Phi) is 4.83. The monoisotopic (exact) mass is 368 g/mol. The number of rotatable bonds is 5. The van der Waals surface area contributed by atoms with Crippen LogP contribution >= 0.6 is 0 Å². The summed E-state index contributed by atoms with van der Waals surface area (Å²) in [7, 11) is -3.41. The fourth-order valence-electron chi connectivity index (χ4n) is 3.76. The summed E-state index contributed by atoms with van der Waals surface area (Å²) < 4.78 is 28.5. The predicted molar refractivity (Wildman–Crippen MR) is 109 cm³/mol. The first-order chi connectivity index (χ1) is 12.6. The molecule has 1 aliphatic rings. The van der Waals surface area contributed by atoms with Crippen LogP contribution in [0.25, 0.3) is 21.5 Å². The minimum absolute atomic E-state index is 0.130. The molecule has 1 heterocycles. The highest BCUT2D eigenvalue weighted by Gasteiger charge is 2.18. The zero-order valence-electron chi connectivity index (χ0n) is 14.8. The van der Waals surface area contributed by atoms with Crippen LogP contribution in [-0.4, -0.2) is 38.7 Å². The molecule has 1 fully saturated rings. The SMILES string of the molecule is O=S(=O)(CCN1CCCCC1)Nc1c2ccccc2cc2ccccc12. The summed E-state index contributed by atoms with van der Waals surface area (Å²) in [6.07, 6.45) is 3.59. The summed E-state index contributed by atoms with van der Waals surface area (Å²) in [6.45, 7) is 2.61. The predicted octanol–water partition coefficient (Wildman–Crippen LogP) is 4.22. The number of benzene rings is 3. The lowest BCUT2D eigenvalue weighted by atomic mass is 10.0. The number of anilines is 1. The summed E-state index contributed by atoms with van der Waals surface area (Å²) in [5.41, 5.74) is 0.692. The maximum absolute atomic E-state index is 12.8. The fraction of sp³-hybridized carbons (Fsp3) is 0.333. The number of piperidine rings is 1. The van der Waals surface area contributed by atoms with Gasteiger partial charge in [0.05, 0.1) is 11.4 Å². The standard InChI is InChI=1S/C21H24N2O2S/c24-26(25,15-14-23-12-6-1-7-13-23)22-21-19-10-4-2-8-17(19)16-18-9-3-5-11-20(18)21/h2-5,8-11,16,22H,1,6-7,12-15H2. The Morgan fingerprint density at radius 2 is 1.42 bits per heavy atom. The summed E-state index contributed by atoms with van der Waals surface area (Å²) >= 11 is 0. The van der Waals surface area contributed by atoms with Gasteiger partial charge in [-0.15, -0.1) is 0 Å². The van der Waals surface area contributed by atoms with Gasteiger partial charge in [-0.3, -0.25) is 4.72 Å². The van der Waals surface area contributed by atoms with Crippen LogP contribution in [0.15, 0.2) is 54.6 Å². The fourth-order valence-corrected chi connectivity index (χ4v) is 4.89. The normalized spacial score (nSPS) is 16.2. The molecule has 5 heteroatoms. The van der Waals surface area contributed by atoms with E-state index in [0.29, 0.717) is 12.2 Å². The summed E-state index contributed by atoms with van der Waals surface area (Å²) in [5.74, 6) is 0.130. The molecular formula is C21H24N2O2S. The van der Waals surface area contributed by atoms with Crippen molar-refractivity contribution in [3.8, 4) is 0 Å². The van der Waals surface area contributed by atoms with Gasteiger partial charge < -0.3 is 4.90 Å². The molecular weight excluding hydrogens is 344 g/mol. The third kappa shape index (κ3) is 3.69. The largest absolute Gasteiger partial charge is 0.302 e. The molecule has 0 radical (unpaired) electrons. The number of nitrogens with one attached hydrogen (secondary N) is 1. The van der Waals surface area contributed by atoms with Gasteiger partial charge in [-0.1, -0.05) is 55.0 Å². The van der Waals surface area contributed by atoms with Crippen molar-refractivity contribution >= 4 is 37.3 Å². The lowest BCUT2D eigenvalue weighted by Crippen LogP contribution is -2.35. The zero-order chi connectivity index (χ0) is 18.0. The molecule has 26 heavy (non-hydrogen) atoms. The third-order valence-electron chi connectivity index (χ3n) is 5.15. The molecule has 4 rings (SSSR count). The van der Waals surface area contributed by atoms with Gasteiger partial charge in [0.2, 0.25) is 10.0 Å². The van der Waals surface area contributed by atoms with E-state index in [-0.39, 0.29) is 5.75 Å². The van der Waals surface area contributed by atoms with Crippen LogP contribution in [0.5, 0.6) is 0 Å². The second-order valence-electron chi connectivity index (χ2n) is 7.02. The summed E-state index contributed by atoms with van der Waals surface area (Å²) in [4.78, 5) is 2.25. The molecule has 3 aromatic rings. The Bertz CT molecular complexity index is 971. The highest BCUT2D eigenvalue weighted by atomic mass is 32.2. The van der Waals surface area contributed by atoms with Crippen LogP contribution in [0, 0.1) is 0 Å². The first-order valence-corrected chi connectivity index (χ1v) is 10.9. The Hall–Kier alpha value is -2.11. The smallest absolute Gasteiger partial charge is 0.234 e. The summed E-state index contributed by atoms with van der Waals surface area (Å²) in [5, 5.41) is 3.96. The van der Waals surface area contributed by atoms with E-state index in [9.17, 15) is 8.42 Å². The first-order valence-electron chi connectivity index (χ1n) is 9.26. The lowest BCUT2D eigenvalue weighted by Gasteiger charge is -2.26. The molecule has 1 saturated heterocycles. The minimum atomic E-state index is -3.41. The number of likely N-dealkylation sites (tertiary alicyclic amines) is 1. The highest BCUT2D eigenvalue weighted by molar-refractivity contribution is 7.92. The lowest BCUT2D eigenvalue weighted by molar-refractivity contribution is 0.241. The van der Waals surface area contributed by atoms with Crippen LogP contribution in [0.4, 0.5) is 5.69 Å². The Morgan fingerprint density at radius 1 is 0.846 bits per heavy atom. The summed E-state index contributed by atoms with van der Waals surface area (Å²) in [6, 6.07) is 18.0. The number of fused-ring (bicyclic) bond motifs is 2. The van der Waals surface area contributed by atoms with E-state index >= 15 is 0 Å². The van der Waals surface area contributed by atoms with E-state index < -0.39 is 10.0 Å². The van der Waals surface area contributed by atoms with Crippen molar-refractivity contribution in [3.63, 3.8) is 0 Å². The average molecular weight is 369 g/mol. The van der Waals surface area contributed by atoms with Crippen molar-refractivity contribution in [2.24, 2.45) is 0 Å². The van der Waals surface area contributed by atoms with Crippen molar-refractivity contribution in [2.75, 3.05) is 30.1 Å². The number of hydrogen-bond donors (Lipinski definition) is 1. The molecule has 0 bridgehead atoms. The molecule has 0 atom stereocenters. The Morgan fingerprint density at radius 3 is 2.04 bits per heavy atom. The Balaban J connectivity index is 1.66. The molecule has 0 saturated carbocycles.